The molecule has 0 aromatic heterocycles. The predicted octanol–water partition coefficient (Wildman–Crippen LogP) is 3.41. The second-order valence-electron chi connectivity index (χ2n) is 4.73. The predicted molar refractivity (Wildman–Crippen MR) is 57.5 cm³/mol. The Morgan fingerprint density at radius 2 is 2.07 bits per heavy atom. The van der Waals surface area contributed by atoms with Crippen LogP contribution in [0.25, 0.3) is 0 Å². The number of carboxylic acids is 1. The molecule has 1 N–H and O–H groups in total. The molecule has 0 unspecified atom stereocenters. The van der Waals surface area contributed by atoms with Crippen LogP contribution < -0.4 is 0 Å². The highest BCUT2D eigenvalue weighted by molar-refractivity contribution is 5.74. The van der Waals surface area contributed by atoms with E-state index in [-0.39, 0.29) is 0 Å². The van der Waals surface area contributed by atoms with Gasteiger partial charge in [0.05, 0.1) is 12.1 Å². The molecule has 0 amide bonds. The molecule has 1 aliphatic carbocycles. The van der Waals surface area contributed by atoms with Gasteiger partial charge in [-0.3, -0.25) is 9.18 Å². The van der Waals surface area contributed by atoms with E-state index < -0.39 is 18.1 Å². The van der Waals surface area contributed by atoms with Gasteiger partial charge in [0.2, 0.25) is 0 Å². The van der Waals surface area contributed by atoms with Crippen LogP contribution in [0, 0.1) is 11.3 Å². The monoisotopic (exact) mass is 216 g/mol. The van der Waals surface area contributed by atoms with Crippen molar-refractivity contribution in [2.75, 3.05) is 6.67 Å². The number of hydrogen-bond donors (Lipinski definition) is 1. The number of carboxylic acid groups (broad SMARTS) is 1. The van der Waals surface area contributed by atoms with Gasteiger partial charge in [0.1, 0.15) is 0 Å². The topological polar surface area (TPSA) is 37.3 Å². The molecule has 0 bridgehead atoms. The smallest absolute Gasteiger partial charge is 0.309 e. The van der Waals surface area contributed by atoms with Crippen LogP contribution in [0.15, 0.2) is 0 Å². The van der Waals surface area contributed by atoms with Crippen molar-refractivity contribution in [3.05, 3.63) is 0 Å². The van der Waals surface area contributed by atoms with Gasteiger partial charge in [-0.15, -0.1) is 0 Å². The van der Waals surface area contributed by atoms with Crippen molar-refractivity contribution in [1.29, 1.82) is 0 Å². The minimum Gasteiger partial charge on any atom is -0.481 e. The first-order valence-corrected chi connectivity index (χ1v) is 5.94. The Morgan fingerprint density at radius 1 is 1.47 bits per heavy atom. The molecule has 1 fully saturated rings. The maximum atomic E-state index is 12.1. The fourth-order valence-corrected chi connectivity index (χ4v) is 2.61. The molecular weight excluding hydrogens is 195 g/mol. The van der Waals surface area contributed by atoms with Crippen LogP contribution in [0.3, 0.4) is 0 Å². The molecular formula is C12H21FO2. The number of carbonyl (C=O) groups is 1. The maximum absolute atomic E-state index is 12.1. The number of alkyl halides is 1. The van der Waals surface area contributed by atoms with Crippen LogP contribution in [0.2, 0.25) is 0 Å². The summed E-state index contributed by atoms with van der Waals surface area (Å²) in [5, 5.41) is 9.25. The van der Waals surface area contributed by atoms with Crippen molar-refractivity contribution in [1.82, 2.24) is 0 Å². The summed E-state index contributed by atoms with van der Waals surface area (Å²) < 4.78 is 12.1. The molecule has 1 saturated carbocycles. The Balaban J connectivity index is 2.56. The molecule has 3 heteroatoms. The molecule has 2 nitrogen and oxygen atoms in total. The number of aliphatic carboxylic acids is 1. The standard InChI is InChI=1S/C12H21FO2/c1-2-10-4-7-12(8-5-10,11(14)15)6-3-9-13/h10H,2-9H2,1H3,(H,14,15). The van der Waals surface area contributed by atoms with Crippen molar-refractivity contribution >= 4 is 5.97 Å². The largest absolute Gasteiger partial charge is 0.481 e. The molecule has 0 aromatic rings. The summed E-state index contributed by atoms with van der Waals surface area (Å²) in [6, 6.07) is 0. The zero-order valence-corrected chi connectivity index (χ0v) is 9.47. The molecule has 0 aromatic carbocycles. The van der Waals surface area contributed by atoms with E-state index in [1.54, 1.807) is 0 Å². The van der Waals surface area contributed by atoms with Crippen LogP contribution in [-0.4, -0.2) is 17.8 Å². The highest BCUT2D eigenvalue weighted by Crippen LogP contribution is 2.43. The van der Waals surface area contributed by atoms with Crippen LogP contribution in [-0.2, 0) is 4.79 Å². The van der Waals surface area contributed by atoms with Crippen molar-refractivity contribution in [3.8, 4) is 0 Å². The van der Waals surface area contributed by atoms with Crippen molar-refractivity contribution in [3.63, 3.8) is 0 Å². The molecule has 1 rings (SSSR count). The van der Waals surface area contributed by atoms with Gasteiger partial charge in [-0.25, -0.2) is 0 Å². The van der Waals surface area contributed by atoms with Crippen LogP contribution in [0.5, 0.6) is 0 Å². The van der Waals surface area contributed by atoms with E-state index in [4.69, 9.17) is 0 Å². The van der Waals surface area contributed by atoms with Crippen LogP contribution >= 0.6 is 0 Å². The number of halogens is 1. The van der Waals surface area contributed by atoms with E-state index in [0.717, 1.165) is 32.1 Å². The van der Waals surface area contributed by atoms with Gasteiger partial charge in [0.15, 0.2) is 0 Å². The Morgan fingerprint density at radius 3 is 2.47 bits per heavy atom. The summed E-state index contributed by atoms with van der Waals surface area (Å²) >= 11 is 0. The number of hydrogen-bond acceptors (Lipinski definition) is 1. The fraction of sp³-hybridized carbons (Fsp3) is 0.917. The van der Waals surface area contributed by atoms with Gasteiger partial charge in [-0.1, -0.05) is 13.3 Å². The maximum Gasteiger partial charge on any atom is 0.309 e. The van der Waals surface area contributed by atoms with E-state index in [1.807, 2.05) is 0 Å². The third kappa shape index (κ3) is 2.93. The Labute approximate surface area is 90.9 Å². The Bertz CT molecular complexity index is 208. The van der Waals surface area contributed by atoms with Gasteiger partial charge in [-0.2, -0.15) is 0 Å². The molecule has 15 heavy (non-hydrogen) atoms. The minimum absolute atomic E-state index is 0.392. The van der Waals surface area contributed by atoms with Crippen molar-refractivity contribution in [2.45, 2.75) is 51.9 Å². The van der Waals surface area contributed by atoms with Gasteiger partial charge in [0, 0.05) is 0 Å². The lowest BCUT2D eigenvalue weighted by molar-refractivity contribution is -0.152. The quantitative estimate of drug-likeness (QED) is 0.764. The minimum atomic E-state index is -0.717. The van der Waals surface area contributed by atoms with Crippen molar-refractivity contribution < 1.29 is 14.3 Å². The van der Waals surface area contributed by atoms with E-state index in [2.05, 4.69) is 6.92 Å². The number of rotatable bonds is 5. The molecule has 88 valence electrons. The molecule has 0 heterocycles. The van der Waals surface area contributed by atoms with E-state index >= 15 is 0 Å². The summed E-state index contributed by atoms with van der Waals surface area (Å²) in [5.41, 5.74) is -0.613. The van der Waals surface area contributed by atoms with Gasteiger partial charge >= 0.3 is 5.97 Å². The lowest BCUT2D eigenvalue weighted by atomic mass is 9.67. The first-order valence-electron chi connectivity index (χ1n) is 5.94. The third-order valence-corrected chi connectivity index (χ3v) is 3.88. The first kappa shape index (κ1) is 12.5. The fourth-order valence-electron chi connectivity index (χ4n) is 2.61. The lowest BCUT2D eigenvalue weighted by Crippen LogP contribution is -2.35. The highest BCUT2D eigenvalue weighted by Gasteiger charge is 2.40. The molecule has 0 spiro atoms. The summed E-state index contributed by atoms with van der Waals surface area (Å²) in [6.07, 6.45) is 5.50. The highest BCUT2D eigenvalue weighted by atomic mass is 19.1. The van der Waals surface area contributed by atoms with Crippen LogP contribution in [0.4, 0.5) is 4.39 Å². The summed E-state index contributed by atoms with van der Waals surface area (Å²) in [7, 11) is 0. The van der Waals surface area contributed by atoms with E-state index in [0.29, 0.717) is 18.8 Å². The van der Waals surface area contributed by atoms with Gasteiger partial charge < -0.3 is 5.11 Å². The molecule has 1 aliphatic rings. The van der Waals surface area contributed by atoms with Gasteiger partial charge in [-0.05, 0) is 44.4 Å². The zero-order valence-electron chi connectivity index (χ0n) is 9.47. The Kier molecular flexibility index (Phi) is 4.55. The normalized spacial score (nSPS) is 31.5. The average molecular weight is 216 g/mol. The van der Waals surface area contributed by atoms with Gasteiger partial charge in [0.25, 0.3) is 0 Å². The zero-order chi connectivity index (χ0) is 11.3. The molecule has 0 atom stereocenters. The third-order valence-electron chi connectivity index (χ3n) is 3.88. The Hall–Kier alpha value is -0.600. The SMILES string of the molecule is CCC1CCC(CCCF)(C(=O)O)CC1. The van der Waals surface area contributed by atoms with E-state index in [9.17, 15) is 14.3 Å². The second-order valence-corrected chi connectivity index (χ2v) is 4.73. The summed E-state index contributed by atoms with van der Waals surface area (Å²) in [4.78, 5) is 11.3. The molecule has 0 saturated heterocycles. The van der Waals surface area contributed by atoms with E-state index in [1.165, 1.54) is 0 Å². The first-order chi connectivity index (χ1) is 7.14. The van der Waals surface area contributed by atoms with Crippen molar-refractivity contribution in [2.24, 2.45) is 11.3 Å². The second kappa shape index (κ2) is 5.47. The van der Waals surface area contributed by atoms with Crippen LogP contribution in [0.1, 0.15) is 51.9 Å². The average Bonchev–Trinajstić information content (AvgIpc) is 2.27. The summed E-state index contributed by atoms with van der Waals surface area (Å²) in [5.74, 6) is -0.0339. The lowest BCUT2D eigenvalue weighted by Gasteiger charge is -2.36. The summed E-state index contributed by atoms with van der Waals surface area (Å²) in [6.45, 7) is 1.76. The molecule has 0 radical (unpaired) electrons. The molecule has 0 aliphatic heterocycles.